The monoisotopic (exact) mass is 339 g/mol. The number of pyridine rings is 1. The Morgan fingerprint density at radius 1 is 1.48 bits per heavy atom. The Hall–Kier alpha value is -2.18. The third kappa shape index (κ3) is 5.50. The number of carbonyl (C=O) groups excluding carboxylic acids is 1. The predicted octanol–water partition coefficient (Wildman–Crippen LogP) is 0.585. The Kier molecular flexibility index (Phi) is 6.06. The molecule has 0 bridgehead atoms. The van der Waals surface area contributed by atoms with Crippen LogP contribution in [0, 0.1) is 16.7 Å². The second kappa shape index (κ2) is 7.39. The summed E-state index contributed by atoms with van der Waals surface area (Å²) in [6.07, 6.45) is 0.0595. The summed E-state index contributed by atoms with van der Waals surface area (Å²) in [6.45, 7) is 5.16. The van der Waals surface area contributed by atoms with Crippen LogP contribution in [0.1, 0.15) is 27.2 Å². The second-order valence-electron chi connectivity index (χ2n) is 5.85. The van der Waals surface area contributed by atoms with E-state index in [4.69, 9.17) is 11.0 Å². The van der Waals surface area contributed by atoms with E-state index in [9.17, 15) is 13.2 Å². The highest BCUT2D eigenvalue weighted by Crippen LogP contribution is 2.16. The Morgan fingerprint density at radius 3 is 2.70 bits per heavy atom. The number of rotatable bonds is 8. The summed E-state index contributed by atoms with van der Waals surface area (Å²) in [4.78, 5) is 15.3. The molecule has 1 heterocycles. The third-order valence-electron chi connectivity index (χ3n) is 3.13. The van der Waals surface area contributed by atoms with Crippen LogP contribution in [-0.4, -0.2) is 31.9 Å². The number of sulfonamides is 1. The molecule has 1 atom stereocenters. The summed E-state index contributed by atoms with van der Waals surface area (Å²) in [5.41, 5.74) is 4.49. The molecule has 4 N–H and O–H groups in total. The normalized spacial score (nSPS) is 13.1. The van der Waals surface area contributed by atoms with Crippen LogP contribution in [-0.2, 0) is 14.8 Å². The van der Waals surface area contributed by atoms with E-state index in [1.54, 1.807) is 26.8 Å². The van der Waals surface area contributed by atoms with Crippen LogP contribution < -0.4 is 15.8 Å². The number of hydrogen-bond donors (Lipinski definition) is 3. The molecule has 23 heavy (non-hydrogen) atoms. The first kappa shape index (κ1) is 18.9. The van der Waals surface area contributed by atoms with Gasteiger partial charge >= 0.3 is 0 Å². The van der Waals surface area contributed by atoms with E-state index in [0.717, 1.165) is 0 Å². The largest absolute Gasteiger partial charge is 0.369 e. The molecule has 1 rings (SSSR count). The first-order valence-corrected chi connectivity index (χ1v) is 8.47. The third-order valence-corrected chi connectivity index (χ3v) is 4.62. The molecular weight excluding hydrogens is 318 g/mol. The molecule has 0 aromatic carbocycles. The highest BCUT2D eigenvalue weighted by Gasteiger charge is 2.25. The van der Waals surface area contributed by atoms with Crippen LogP contribution in [0.25, 0.3) is 0 Å². The number of amides is 1. The van der Waals surface area contributed by atoms with Gasteiger partial charge in [-0.1, -0.05) is 6.07 Å². The van der Waals surface area contributed by atoms with Crippen molar-refractivity contribution in [1.82, 2.24) is 9.71 Å². The van der Waals surface area contributed by atoms with Gasteiger partial charge in [0.25, 0.3) is 10.0 Å². The van der Waals surface area contributed by atoms with Crippen molar-refractivity contribution in [2.24, 2.45) is 11.1 Å². The molecular formula is C14H21N5O3S. The first-order valence-electron chi connectivity index (χ1n) is 6.98. The molecule has 1 aromatic rings. The SMILES string of the molecule is CC(CC#N)NS(=O)(=O)c1cccc(NCC(C)(C)C(N)=O)n1. The maximum Gasteiger partial charge on any atom is 0.258 e. The van der Waals surface area contributed by atoms with Crippen LogP contribution in [0.3, 0.4) is 0 Å². The Bertz CT molecular complexity index is 709. The van der Waals surface area contributed by atoms with E-state index >= 15 is 0 Å². The van der Waals surface area contributed by atoms with E-state index in [1.807, 2.05) is 6.07 Å². The molecule has 1 unspecified atom stereocenters. The molecule has 0 radical (unpaired) electrons. The highest BCUT2D eigenvalue weighted by atomic mass is 32.2. The van der Waals surface area contributed by atoms with Crippen LogP contribution in [0.4, 0.5) is 5.82 Å². The zero-order chi connectivity index (χ0) is 17.7. The zero-order valence-corrected chi connectivity index (χ0v) is 14.1. The summed E-state index contributed by atoms with van der Waals surface area (Å²) < 4.78 is 26.8. The van der Waals surface area contributed by atoms with Gasteiger partial charge in [-0.15, -0.1) is 0 Å². The Balaban J connectivity index is 2.88. The highest BCUT2D eigenvalue weighted by molar-refractivity contribution is 7.89. The molecule has 0 aliphatic rings. The van der Waals surface area contributed by atoms with Gasteiger partial charge in [0, 0.05) is 12.6 Å². The summed E-state index contributed by atoms with van der Waals surface area (Å²) >= 11 is 0. The van der Waals surface area contributed by atoms with Gasteiger partial charge in [-0.2, -0.15) is 5.26 Å². The Labute approximate surface area is 136 Å². The lowest BCUT2D eigenvalue weighted by molar-refractivity contribution is -0.125. The van der Waals surface area contributed by atoms with Crippen molar-refractivity contribution in [2.45, 2.75) is 38.3 Å². The van der Waals surface area contributed by atoms with E-state index in [0.29, 0.717) is 5.82 Å². The molecule has 0 aliphatic carbocycles. The lowest BCUT2D eigenvalue weighted by atomic mass is 9.93. The van der Waals surface area contributed by atoms with Crippen molar-refractivity contribution in [3.63, 3.8) is 0 Å². The molecule has 0 fully saturated rings. The fraction of sp³-hybridized carbons (Fsp3) is 0.500. The van der Waals surface area contributed by atoms with Gasteiger partial charge in [0.1, 0.15) is 5.82 Å². The fourth-order valence-corrected chi connectivity index (χ4v) is 2.78. The minimum absolute atomic E-state index is 0.0595. The average molecular weight is 339 g/mol. The van der Waals surface area contributed by atoms with Crippen LogP contribution >= 0.6 is 0 Å². The van der Waals surface area contributed by atoms with Gasteiger partial charge < -0.3 is 11.1 Å². The number of anilines is 1. The van der Waals surface area contributed by atoms with Gasteiger partial charge in [0.2, 0.25) is 5.91 Å². The molecule has 0 aliphatic heterocycles. The number of primary amides is 1. The lowest BCUT2D eigenvalue weighted by Gasteiger charge is -2.21. The summed E-state index contributed by atoms with van der Waals surface area (Å²) in [7, 11) is -3.82. The van der Waals surface area contributed by atoms with Crippen LogP contribution in [0.15, 0.2) is 23.2 Å². The average Bonchev–Trinajstić information content (AvgIpc) is 2.45. The molecule has 1 amide bonds. The van der Waals surface area contributed by atoms with Crippen molar-refractivity contribution >= 4 is 21.7 Å². The first-order chi connectivity index (χ1) is 10.6. The lowest BCUT2D eigenvalue weighted by Crippen LogP contribution is -2.37. The molecule has 1 aromatic heterocycles. The maximum atomic E-state index is 12.2. The van der Waals surface area contributed by atoms with Crippen LogP contribution in [0.2, 0.25) is 0 Å². The molecule has 0 spiro atoms. The number of nitrogens with one attached hydrogen (secondary N) is 2. The van der Waals surface area contributed by atoms with Crippen LogP contribution in [0.5, 0.6) is 0 Å². The summed E-state index contributed by atoms with van der Waals surface area (Å²) in [5, 5.41) is 11.3. The standard InChI is InChI=1S/C14H21N5O3S/c1-10(7-8-15)19-23(21,22)12-6-4-5-11(18-12)17-9-14(2,3)13(16)20/h4-6,10,19H,7,9H2,1-3H3,(H2,16,20)(H,17,18). The van der Waals surface area contributed by atoms with Crippen molar-refractivity contribution in [1.29, 1.82) is 5.26 Å². The minimum atomic E-state index is -3.82. The van der Waals surface area contributed by atoms with Gasteiger partial charge in [-0.05, 0) is 32.9 Å². The van der Waals surface area contributed by atoms with E-state index in [2.05, 4.69) is 15.0 Å². The number of nitrogens with zero attached hydrogens (tertiary/aromatic N) is 2. The number of nitrogens with two attached hydrogens (primary N) is 1. The van der Waals surface area contributed by atoms with Crippen molar-refractivity contribution < 1.29 is 13.2 Å². The second-order valence-corrected chi connectivity index (χ2v) is 7.51. The van der Waals surface area contributed by atoms with Crippen molar-refractivity contribution in [3.05, 3.63) is 18.2 Å². The maximum absolute atomic E-state index is 12.2. The molecule has 8 nitrogen and oxygen atoms in total. The predicted molar refractivity (Wildman–Crippen MR) is 85.7 cm³/mol. The summed E-state index contributed by atoms with van der Waals surface area (Å²) in [6, 6.07) is 5.86. The smallest absolute Gasteiger partial charge is 0.258 e. The number of aromatic nitrogens is 1. The number of carbonyl (C=O) groups is 1. The number of nitriles is 1. The van der Waals surface area contributed by atoms with E-state index in [-0.39, 0.29) is 18.0 Å². The topological polar surface area (TPSA) is 138 Å². The fourth-order valence-electron chi connectivity index (χ4n) is 1.57. The molecule has 0 saturated carbocycles. The molecule has 0 saturated heterocycles. The quantitative estimate of drug-likeness (QED) is 0.633. The van der Waals surface area contributed by atoms with Gasteiger partial charge in [-0.3, -0.25) is 4.79 Å². The summed E-state index contributed by atoms with van der Waals surface area (Å²) in [5.74, 6) is -0.157. The van der Waals surface area contributed by atoms with Gasteiger partial charge in [0.05, 0.1) is 17.9 Å². The number of hydrogen-bond acceptors (Lipinski definition) is 6. The van der Waals surface area contributed by atoms with Crippen molar-refractivity contribution in [2.75, 3.05) is 11.9 Å². The van der Waals surface area contributed by atoms with E-state index < -0.39 is 27.4 Å². The van der Waals surface area contributed by atoms with Gasteiger partial charge in [-0.25, -0.2) is 18.1 Å². The van der Waals surface area contributed by atoms with Gasteiger partial charge in [0.15, 0.2) is 5.03 Å². The molecule has 9 heteroatoms. The Morgan fingerprint density at radius 2 is 2.13 bits per heavy atom. The molecule has 126 valence electrons. The minimum Gasteiger partial charge on any atom is -0.369 e. The van der Waals surface area contributed by atoms with Crippen molar-refractivity contribution in [3.8, 4) is 6.07 Å². The zero-order valence-electron chi connectivity index (χ0n) is 13.3. The van der Waals surface area contributed by atoms with E-state index in [1.165, 1.54) is 12.1 Å².